The number of halogens is 4. The lowest BCUT2D eigenvalue weighted by atomic mass is 10.3. The summed E-state index contributed by atoms with van der Waals surface area (Å²) in [6.07, 6.45) is -6.77. The Bertz CT molecular complexity index is 370. The highest BCUT2D eigenvalue weighted by molar-refractivity contribution is 6.30. The Kier molecular flexibility index (Phi) is 1.99. The summed E-state index contributed by atoms with van der Waals surface area (Å²) < 4.78 is 46.3. The Balaban J connectivity index is 2.41. The second-order valence-electron chi connectivity index (χ2n) is 2.69. The molecular weight excluding hydrogens is 221 g/mol. The molecule has 2 nitrogen and oxygen atoms in total. The molecule has 0 aromatic heterocycles. The van der Waals surface area contributed by atoms with E-state index in [9.17, 15) is 13.2 Å². The third kappa shape index (κ3) is 1.48. The van der Waals surface area contributed by atoms with Crippen molar-refractivity contribution in [3.8, 4) is 11.5 Å². The van der Waals surface area contributed by atoms with Crippen molar-refractivity contribution in [1.29, 1.82) is 0 Å². The molecule has 0 bridgehead atoms. The Labute approximate surface area is 82.2 Å². The molecular formula is C8H4ClF3O2. The fourth-order valence-electron chi connectivity index (χ4n) is 1.03. The molecule has 1 aromatic carbocycles. The van der Waals surface area contributed by atoms with Gasteiger partial charge in [-0.25, -0.2) is 0 Å². The molecule has 0 spiro atoms. The van der Waals surface area contributed by atoms with Crippen molar-refractivity contribution in [2.75, 3.05) is 0 Å². The van der Waals surface area contributed by atoms with Crippen LogP contribution in [0, 0.1) is 0 Å². The zero-order valence-corrected chi connectivity index (χ0v) is 7.39. The number of ether oxygens (including phenoxy) is 2. The molecule has 1 aliphatic rings. The van der Waals surface area contributed by atoms with E-state index in [1.165, 1.54) is 18.2 Å². The van der Waals surface area contributed by atoms with Crippen LogP contribution in [0.25, 0.3) is 0 Å². The minimum absolute atomic E-state index is 0.129. The average Bonchev–Trinajstić information content (AvgIpc) is 2.08. The van der Waals surface area contributed by atoms with Gasteiger partial charge in [0.05, 0.1) is 0 Å². The molecule has 1 aliphatic heterocycles. The summed E-state index contributed by atoms with van der Waals surface area (Å²) in [5.41, 5.74) is 0. The summed E-state index contributed by atoms with van der Waals surface area (Å²) in [7, 11) is 0. The van der Waals surface area contributed by atoms with Crippen molar-refractivity contribution in [1.82, 2.24) is 0 Å². The molecule has 1 aromatic rings. The first-order chi connectivity index (χ1) is 6.49. The monoisotopic (exact) mass is 224 g/mol. The summed E-state index contributed by atoms with van der Waals surface area (Å²) in [6, 6.07) is 3.74. The first-order valence-corrected chi connectivity index (χ1v) is 4.04. The molecule has 76 valence electrons. The smallest absolute Gasteiger partial charge is 0.447 e. The van der Waals surface area contributed by atoms with E-state index in [1.54, 1.807) is 0 Å². The predicted molar refractivity (Wildman–Crippen MR) is 42.6 cm³/mol. The van der Waals surface area contributed by atoms with E-state index in [2.05, 4.69) is 9.47 Å². The zero-order chi connectivity index (χ0) is 10.3. The van der Waals surface area contributed by atoms with Crippen LogP contribution in [0.1, 0.15) is 0 Å². The van der Waals surface area contributed by atoms with Crippen LogP contribution in [0.15, 0.2) is 18.2 Å². The van der Waals surface area contributed by atoms with Gasteiger partial charge < -0.3 is 9.47 Å². The maximum Gasteiger partial charge on any atom is 0.468 e. The standard InChI is InChI=1S/C8H4ClF3O2/c9-4-1-2-5-6(3-4)13-7(10)8(11,12)14-5/h1-3,7H/t7-/m0/s1. The molecule has 2 rings (SSSR count). The van der Waals surface area contributed by atoms with Crippen LogP contribution in [-0.2, 0) is 0 Å². The summed E-state index contributed by atoms with van der Waals surface area (Å²) in [6.45, 7) is 0. The van der Waals surface area contributed by atoms with Gasteiger partial charge in [-0.1, -0.05) is 11.6 Å². The molecule has 0 unspecified atom stereocenters. The van der Waals surface area contributed by atoms with Crippen LogP contribution >= 0.6 is 11.6 Å². The molecule has 1 heterocycles. The van der Waals surface area contributed by atoms with Crippen molar-refractivity contribution in [3.63, 3.8) is 0 Å². The second kappa shape index (κ2) is 2.95. The van der Waals surface area contributed by atoms with Crippen molar-refractivity contribution in [2.24, 2.45) is 0 Å². The molecule has 0 N–H and O–H groups in total. The van der Waals surface area contributed by atoms with Crippen molar-refractivity contribution in [2.45, 2.75) is 12.5 Å². The molecule has 0 radical (unpaired) electrons. The fourth-order valence-corrected chi connectivity index (χ4v) is 1.19. The number of fused-ring (bicyclic) bond motifs is 1. The molecule has 0 aliphatic carbocycles. The van der Waals surface area contributed by atoms with E-state index in [-0.39, 0.29) is 16.5 Å². The van der Waals surface area contributed by atoms with Gasteiger partial charge in [0.25, 0.3) is 0 Å². The van der Waals surface area contributed by atoms with E-state index < -0.39 is 12.5 Å². The molecule has 14 heavy (non-hydrogen) atoms. The van der Waals surface area contributed by atoms with E-state index in [4.69, 9.17) is 11.6 Å². The van der Waals surface area contributed by atoms with E-state index >= 15 is 0 Å². The van der Waals surface area contributed by atoms with Crippen molar-refractivity contribution in [3.05, 3.63) is 23.2 Å². The highest BCUT2D eigenvalue weighted by atomic mass is 35.5. The van der Waals surface area contributed by atoms with Gasteiger partial charge in [-0.3, -0.25) is 0 Å². The minimum Gasteiger partial charge on any atom is -0.447 e. The lowest BCUT2D eigenvalue weighted by Crippen LogP contribution is -2.43. The maximum absolute atomic E-state index is 12.6. The van der Waals surface area contributed by atoms with Crippen LogP contribution in [0.3, 0.4) is 0 Å². The zero-order valence-electron chi connectivity index (χ0n) is 6.64. The molecule has 0 amide bonds. The number of rotatable bonds is 0. The first-order valence-electron chi connectivity index (χ1n) is 3.66. The average molecular weight is 225 g/mol. The van der Waals surface area contributed by atoms with E-state index in [0.29, 0.717) is 0 Å². The third-order valence-corrected chi connectivity index (χ3v) is 1.88. The fraction of sp³-hybridized carbons (Fsp3) is 0.250. The quantitative estimate of drug-likeness (QED) is 0.674. The van der Waals surface area contributed by atoms with Crippen LogP contribution in [0.4, 0.5) is 13.2 Å². The Morgan fingerprint density at radius 1 is 1.29 bits per heavy atom. The van der Waals surface area contributed by atoms with Crippen LogP contribution in [-0.4, -0.2) is 12.5 Å². The van der Waals surface area contributed by atoms with Gasteiger partial charge in [-0.2, -0.15) is 13.2 Å². The van der Waals surface area contributed by atoms with E-state index in [0.717, 1.165) is 0 Å². The lowest BCUT2D eigenvalue weighted by Gasteiger charge is -2.28. The van der Waals surface area contributed by atoms with Crippen molar-refractivity contribution >= 4 is 11.6 Å². The first kappa shape index (κ1) is 9.45. The lowest BCUT2D eigenvalue weighted by molar-refractivity contribution is -0.281. The van der Waals surface area contributed by atoms with Gasteiger partial charge in [0.1, 0.15) is 0 Å². The van der Waals surface area contributed by atoms with Crippen LogP contribution < -0.4 is 9.47 Å². The van der Waals surface area contributed by atoms with Gasteiger partial charge in [-0.15, -0.1) is 0 Å². The van der Waals surface area contributed by atoms with Gasteiger partial charge in [0, 0.05) is 11.1 Å². The van der Waals surface area contributed by atoms with Gasteiger partial charge in [0.15, 0.2) is 11.5 Å². The number of hydrogen-bond donors (Lipinski definition) is 0. The largest absolute Gasteiger partial charge is 0.468 e. The topological polar surface area (TPSA) is 18.5 Å². The Morgan fingerprint density at radius 3 is 2.71 bits per heavy atom. The maximum atomic E-state index is 12.6. The van der Waals surface area contributed by atoms with Crippen LogP contribution in [0.5, 0.6) is 11.5 Å². The summed E-state index contributed by atoms with van der Waals surface area (Å²) in [5.74, 6) is -0.357. The van der Waals surface area contributed by atoms with E-state index in [1.807, 2.05) is 0 Å². The highest BCUT2D eigenvalue weighted by Crippen LogP contribution is 2.41. The van der Waals surface area contributed by atoms with Crippen molar-refractivity contribution < 1.29 is 22.6 Å². The molecule has 1 atom stereocenters. The summed E-state index contributed by atoms with van der Waals surface area (Å²) >= 11 is 5.55. The van der Waals surface area contributed by atoms with Gasteiger partial charge in [-0.05, 0) is 12.1 Å². The Hall–Kier alpha value is -1.10. The summed E-state index contributed by atoms with van der Waals surface area (Å²) in [5, 5.41) is 0.254. The van der Waals surface area contributed by atoms with Crippen LogP contribution in [0.2, 0.25) is 5.02 Å². The summed E-state index contributed by atoms with van der Waals surface area (Å²) in [4.78, 5) is 0. The Morgan fingerprint density at radius 2 is 2.00 bits per heavy atom. The molecule has 6 heteroatoms. The SMILES string of the molecule is F[C@H]1Oc2cc(Cl)ccc2OC1(F)F. The predicted octanol–water partition coefficient (Wildman–Crippen LogP) is 3.00. The number of benzene rings is 1. The second-order valence-corrected chi connectivity index (χ2v) is 3.13. The number of alkyl halides is 3. The third-order valence-electron chi connectivity index (χ3n) is 1.65. The van der Waals surface area contributed by atoms with Gasteiger partial charge in [0.2, 0.25) is 0 Å². The molecule has 0 saturated carbocycles. The highest BCUT2D eigenvalue weighted by Gasteiger charge is 2.49. The number of hydrogen-bond acceptors (Lipinski definition) is 2. The molecule has 0 fully saturated rings. The van der Waals surface area contributed by atoms with Gasteiger partial charge >= 0.3 is 12.5 Å². The normalized spacial score (nSPS) is 23.3. The molecule has 0 saturated heterocycles. The minimum atomic E-state index is -3.96.